The van der Waals surface area contributed by atoms with Crippen LogP contribution in [0.15, 0.2) is 12.4 Å². The quantitative estimate of drug-likeness (QED) is 0.599. The zero-order valence-corrected chi connectivity index (χ0v) is 10.7. The van der Waals surface area contributed by atoms with Crippen molar-refractivity contribution in [3.63, 3.8) is 0 Å². The average molecular weight is 251 g/mol. The normalized spacial score (nSPS) is 9.50. The van der Waals surface area contributed by atoms with Crippen molar-refractivity contribution in [1.29, 1.82) is 0 Å². The van der Waals surface area contributed by atoms with Crippen LogP contribution in [-0.2, 0) is 6.42 Å². The van der Waals surface area contributed by atoms with E-state index in [-0.39, 0.29) is 12.0 Å². The summed E-state index contributed by atoms with van der Waals surface area (Å²) < 4.78 is 0. The van der Waals surface area contributed by atoms with E-state index in [9.17, 15) is 4.79 Å². The van der Waals surface area contributed by atoms with Crippen LogP contribution in [0.1, 0.15) is 12.7 Å². The van der Waals surface area contributed by atoms with Gasteiger partial charge in [-0.15, -0.1) is 0 Å². The van der Waals surface area contributed by atoms with Crippen molar-refractivity contribution in [3.8, 4) is 0 Å². The number of anilines is 2. The third kappa shape index (κ3) is 3.89. The zero-order valence-electron chi connectivity index (χ0n) is 10.7. The molecular formula is C10H17N7O. The van der Waals surface area contributed by atoms with Gasteiger partial charge in [-0.1, -0.05) is 13.5 Å². The van der Waals surface area contributed by atoms with Crippen molar-refractivity contribution >= 4 is 17.9 Å². The molecule has 0 spiro atoms. The molecule has 1 aromatic heterocycles. The van der Waals surface area contributed by atoms with Crippen molar-refractivity contribution in [3.05, 3.63) is 18.2 Å². The average Bonchev–Trinajstić information content (AvgIpc) is 2.37. The summed E-state index contributed by atoms with van der Waals surface area (Å²) in [4.78, 5) is 23.5. The van der Waals surface area contributed by atoms with Crippen molar-refractivity contribution in [2.24, 2.45) is 0 Å². The number of nitrogens with one attached hydrogen (secondary N) is 4. The second kappa shape index (κ2) is 6.38. The largest absolute Gasteiger partial charge is 0.375 e. The minimum Gasteiger partial charge on any atom is -0.375 e. The van der Waals surface area contributed by atoms with Crippen molar-refractivity contribution in [2.75, 3.05) is 24.7 Å². The Labute approximate surface area is 105 Å². The molecule has 0 saturated heterocycles. The molecule has 0 aliphatic rings. The van der Waals surface area contributed by atoms with Gasteiger partial charge in [0.25, 0.3) is 0 Å². The van der Waals surface area contributed by atoms with Crippen LogP contribution in [0.5, 0.6) is 0 Å². The summed E-state index contributed by atoms with van der Waals surface area (Å²) in [5.74, 6) is 1.64. The first kappa shape index (κ1) is 13.7. The molecular weight excluding hydrogens is 234 g/mol. The van der Waals surface area contributed by atoms with Gasteiger partial charge < -0.3 is 16.0 Å². The lowest BCUT2D eigenvalue weighted by molar-refractivity contribution is 0.254. The smallest absolute Gasteiger partial charge is 0.321 e. The minimum absolute atomic E-state index is 0.188. The third-order valence-electron chi connectivity index (χ3n) is 2.01. The number of hydrogen-bond acceptors (Lipinski definition) is 6. The van der Waals surface area contributed by atoms with E-state index < -0.39 is 0 Å². The lowest BCUT2D eigenvalue weighted by atomic mass is 10.4. The molecule has 0 bridgehead atoms. The molecule has 0 aliphatic carbocycles. The van der Waals surface area contributed by atoms with Crippen LogP contribution in [0.2, 0.25) is 0 Å². The summed E-state index contributed by atoms with van der Waals surface area (Å²) in [6, 6.07) is -0.387. The third-order valence-corrected chi connectivity index (χ3v) is 2.01. The summed E-state index contributed by atoms with van der Waals surface area (Å²) in [5, 5.41) is 10.6. The van der Waals surface area contributed by atoms with Crippen LogP contribution in [-0.4, -0.2) is 35.1 Å². The summed E-state index contributed by atoms with van der Waals surface area (Å²) in [6.07, 6.45) is 0.631. The second-order valence-corrected chi connectivity index (χ2v) is 3.31. The number of amides is 2. The summed E-state index contributed by atoms with van der Waals surface area (Å²) in [6.45, 7) is 5.62. The van der Waals surface area contributed by atoms with E-state index in [4.69, 9.17) is 0 Å². The van der Waals surface area contributed by atoms with Gasteiger partial charge in [0.1, 0.15) is 5.82 Å². The predicted molar refractivity (Wildman–Crippen MR) is 69.1 cm³/mol. The molecule has 0 radical (unpaired) electrons. The summed E-state index contributed by atoms with van der Waals surface area (Å²) in [5.41, 5.74) is 0. The van der Waals surface area contributed by atoms with E-state index in [1.807, 2.05) is 6.92 Å². The number of hydrogen-bond donors (Lipinski definition) is 4. The Morgan fingerprint density at radius 2 is 1.72 bits per heavy atom. The molecule has 8 nitrogen and oxygen atoms in total. The molecule has 2 amide bonds. The standard InChI is InChI=1S/C10H17N7O/c1-5-7-14-8(13-6(2)11-3)16-9(15-7)17-10(18)12-4/h11H,2,5H2,1,3-4H3,(H3,12,13,14,15,16,17,18). The Morgan fingerprint density at radius 3 is 2.22 bits per heavy atom. The number of rotatable bonds is 5. The topological polar surface area (TPSA) is 104 Å². The Kier molecular flexibility index (Phi) is 4.85. The first-order valence-corrected chi connectivity index (χ1v) is 5.46. The van der Waals surface area contributed by atoms with E-state index in [2.05, 4.69) is 42.8 Å². The molecule has 0 aliphatic heterocycles. The molecule has 0 saturated carbocycles. The number of carbonyl (C=O) groups excluding carboxylic acids is 1. The molecule has 18 heavy (non-hydrogen) atoms. The van der Waals surface area contributed by atoms with Crippen LogP contribution in [0.25, 0.3) is 0 Å². The highest BCUT2D eigenvalue weighted by atomic mass is 16.2. The molecule has 1 aromatic rings. The number of carbonyl (C=O) groups is 1. The fourth-order valence-corrected chi connectivity index (χ4v) is 1.05. The van der Waals surface area contributed by atoms with Crippen LogP contribution >= 0.6 is 0 Å². The minimum atomic E-state index is -0.387. The molecule has 1 rings (SSSR count). The van der Waals surface area contributed by atoms with Crippen molar-refractivity contribution < 1.29 is 4.79 Å². The second-order valence-electron chi connectivity index (χ2n) is 3.31. The van der Waals surface area contributed by atoms with Gasteiger partial charge in [-0.05, 0) is 0 Å². The molecule has 98 valence electrons. The van der Waals surface area contributed by atoms with Gasteiger partial charge in [0, 0.05) is 20.5 Å². The fraction of sp³-hybridized carbons (Fsp3) is 0.400. The van der Waals surface area contributed by atoms with Crippen LogP contribution in [0.4, 0.5) is 16.7 Å². The monoisotopic (exact) mass is 251 g/mol. The molecule has 0 unspecified atom stereocenters. The van der Waals surface area contributed by atoms with Crippen molar-refractivity contribution in [2.45, 2.75) is 13.3 Å². The molecule has 4 N–H and O–H groups in total. The lowest BCUT2D eigenvalue weighted by Gasteiger charge is -2.10. The molecule has 0 atom stereocenters. The van der Waals surface area contributed by atoms with E-state index >= 15 is 0 Å². The van der Waals surface area contributed by atoms with Gasteiger partial charge in [0.05, 0.1) is 5.82 Å². The van der Waals surface area contributed by atoms with Gasteiger partial charge >= 0.3 is 6.03 Å². The zero-order chi connectivity index (χ0) is 13.5. The Balaban J connectivity index is 2.93. The van der Waals surface area contributed by atoms with Gasteiger partial charge in [0.2, 0.25) is 11.9 Å². The van der Waals surface area contributed by atoms with Gasteiger partial charge in [-0.2, -0.15) is 15.0 Å². The van der Waals surface area contributed by atoms with Crippen molar-refractivity contribution in [1.82, 2.24) is 25.6 Å². The fourth-order valence-electron chi connectivity index (χ4n) is 1.05. The van der Waals surface area contributed by atoms with E-state index in [0.29, 0.717) is 24.0 Å². The maximum absolute atomic E-state index is 11.2. The van der Waals surface area contributed by atoms with Gasteiger partial charge in [-0.3, -0.25) is 5.32 Å². The highest BCUT2D eigenvalue weighted by Crippen LogP contribution is 2.07. The number of nitrogens with zero attached hydrogens (tertiary/aromatic N) is 3. The lowest BCUT2D eigenvalue weighted by Crippen LogP contribution is -2.26. The SMILES string of the molecule is C=C(NC)Nc1nc(CC)nc(NC(=O)NC)n1. The Bertz CT molecular complexity index is 410. The molecule has 8 heteroatoms. The number of urea groups is 1. The Hall–Kier alpha value is -2.38. The number of aromatic nitrogens is 3. The highest BCUT2D eigenvalue weighted by Gasteiger charge is 2.08. The summed E-state index contributed by atoms with van der Waals surface area (Å²) >= 11 is 0. The molecule has 1 heterocycles. The Morgan fingerprint density at radius 1 is 1.11 bits per heavy atom. The van der Waals surface area contributed by atoms with Gasteiger partial charge in [-0.25, -0.2) is 4.79 Å². The van der Waals surface area contributed by atoms with Crippen LogP contribution in [0, 0.1) is 0 Å². The molecule has 0 aromatic carbocycles. The highest BCUT2D eigenvalue weighted by molar-refractivity contribution is 5.87. The van der Waals surface area contributed by atoms with Gasteiger partial charge in [0.15, 0.2) is 0 Å². The van der Waals surface area contributed by atoms with Crippen LogP contribution < -0.4 is 21.3 Å². The first-order valence-electron chi connectivity index (χ1n) is 5.46. The number of aryl methyl sites for hydroxylation is 1. The predicted octanol–water partition coefficient (Wildman–Crippen LogP) is 0.288. The maximum Gasteiger partial charge on any atom is 0.321 e. The van der Waals surface area contributed by atoms with Crippen LogP contribution in [0.3, 0.4) is 0 Å². The van der Waals surface area contributed by atoms with E-state index in [1.54, 1.807) is 7.05 Å². The molecule has 0 fully saturated rings. The van der Waals surface area contributed by atoms with E-state index in [1.165, 1.54) is 7.05 Å². The van der Waals surface area contributed by atoms with E-state index in [0.717, 1.165) is 0 Å². The first-order chi connectivity index (χ1) is 8.58. The maximum atomic E-state index is 11.2. The summed E-state index contributed by atoms with van der Waals surface area (Å²) in [7, 11) is 3.24.